The van der Waals surface area contributed by atoms with Crippen molar-refractivity contribution >= 4 is 5.95 Å². The van der Waals surface area contributed by atoms with Gasteiger partial charge in [0.1, 0.15) is 5.75 Å². The molecule has 5 heteroatoms. The summed E-state index contributed by atoms with van der Waals surface area (Å²) in [6.07, 6.45) is 1.58. The van der Waals surface area contributed by atoms with Crippen LogP contribution in [0.3, 0.4) is 0 Å². The minimum atomic E-state index is 0.172. The van der Waals surface area contributed by atoms with Crippen molar-refractivity contribution in [2.75, 3.05) is 12.8 Å². The van der Waals surface area contributed by atoms with E-state index in [9.17, 15) is 0 Å². The highest BCUT2D eigenvalue weighted by molar-refractivity contribution is 5.61. The minimum absolute atomic E-state index is 0.172. The van der Waals surface area contributed by atoms with Gasteiger partial charge in [0.2, 0.25) is 5.95 Å². The van der Waals surface area contributed by atoms with Crippen molar-refractivity contribution in [2.45, 2.75) is 6.92 Å². The highest BCUT2D eigenvalue weighted by atomic mass is 16.5. The lowest BCUT2D eigenvalue weighted by molar-refractivity contribution is 0.412. The predicted octanol–water partition coefficient (Wildman–Crippen LogP) is 1.44. The largest absolute Gasteiger partial charge is 0.496 e. The Balaban J connectivity index is 2.45. The average Bonchev–Trinajstić information content (AvgIpc) is 2.29. The molecule has 0 radical (unpaired) electrons. The van der Waals surface area contributed by atoms with Gasteiger partial charge < -0.3 is 10.5 Å². The molecule has 2 aromatic rings. The van der Waals surface area contributed by atoms with E-state index >= 15 is 0 Å². The van der Waals surface area contributed by atoms with E-state index in [0.717, 1.165) is 16.9 Å². The van der Waals surface area contributed by atoms with Crippen LogP contribution in [-0.2, 0) is 0 Å². The van der Waals surface area contributed by atoms with Crippen molar-refractivity contribution < 1.29 is 4.74 Å². The zero-order valence-electron chi connectivity index (χ0n) is 9.14. The van der Waals surface area contributed by atoms with E-state index in [-0.39, 0.29) is 5.95 Å². The lowest BCUT2D eigenvalue weighted by atomic mass is 10.1. The van der Waals surface area contributed by atoms with E-state index in [1.165, 1.54) is 0 Å². The van der Waals surface area contributed by atoms with E-state index < -0.39 is 0 Å². The third-order valence-corrected chi connectivity index (χ3v) is 2.27. The van der Waals surface area contributed by atoms with Crippen LogP contribution in [0.4, 0.5) is 5.95 Å². The van der Waals surface area contributed by atoms with E-state index in [1.807, 2.05) is 25.1 Å². The molecule has 0 saturated heterocycles. The van der Waals surface area contributed by atoms with Gasteiger partial charge in [-0.15, -0.1) is 5.10 Å². The summed E-state index contributed by atoms with van der Waals surface area (Å²) >= 11 is 0. The zero-order valence-corrected chi connectivity index (χ0v) is 9.14. The summed E-state index contributed by atoms with van der Waals surface area (Å²) in [5.41, 5.74) is 8.17. The number of methoxy groups -OCH3 is 1. The number of benzene rings is 1. The number of nitrogens with zero attached hydrogens (tertiary/aromatic N) is 3. The summed E-state index contributed by atoms with van der Waals surface area (Å²) < 4.78 is 5.19. The highest BCUT2D eigenvalue weighted by Crippen LogP contribution is 2.24. The molecule has 0 amide bonds. The lowest BCUT2D eigenvalue weighted by Crippen LogP contribution is -1.98. The molecular weight excluding hydrogens is 204 g/mol. The Morgan fingerprint density at radius 2 is 2.12 bits per heavy atom. The van der Waals surface area contributed by atoms with Crippen molar-refractivity contribution in [3.8, 4) is 17.0 Å². The second-order valence-electron chi connectivity index (χ2n) is 3.38. The molecule has 2 rings (SSSR count). The second-order valence-corrected chi connectivity index (χ2v) is 3.38. The van der Waals surface area contributed by atoms with Crippen LogP contribution >= 0.6 is 0 Å². The molecule has 0 aliphatic rings. The molecule has 1 aromatic heterocycles. The van der Waals surface area contributed by atoms with Crippen molar-refractivity contribution in [2.24, 2.45) is 0 Å². The summed E-state index contributed by atoms with van der Waals surface area (Å²) in [7, 11) is 1.65. The number of aryl methyl sites for hydroxylation is 1. The first-order chi connectivity index (χ1) is 7.70. The number of aromatic nitrogens is 3. The highest BCUT2D eigenvalue weighted by Gasteiger charge is 2.04. The Bertz CT molecular complexity index is 513. The number of nitrogen functional groups attached to an aromatic ring is 1. The Kier molecular flexibility index (Phi) is 2.68. The Morgan fingerprint density at radius 1 is 1.31 bits per heavy atom. The molecule has 5 nitrogen and oxygen atoms in total. The molecule has 0 saturated carbocycles. The van der Waals surface area contributed by atoms with Gasteiger partial charge in [0.15, 0.2) is 0 Å². The smallest absolute Gasteiger partial charge is 0.240 e. The van der Waals surface area contributed by atoms with Crippen LogP contribution in [0.1, 0.15) is 5.56 Å². The summed E-state index contributed by atoms with van der Waals surface area (Å²) in [5, 5.41) is 7.38. The van der Waals surface area contributed by atoms with Crippen LogP contribution in [0.15, 0.2) is 24.4 Å². The molecule has 16 heavy (non-hydrogen) atoms. The number of hydrogen-bond acceptors (Lipinski definition) is 5. The predicted molar refractivity (Wildman–Crippen MR) is 61.0 cm³/mol. The molecule has 1 aromatic carbocycles. The summed E-state index contributed by atoms with van der Waals surface area (Å²) in [6.45, 7) is 1.97. The summed E-state index contributed by atoms with van der Waals surface area (Å²) in [6, 6.07) is 5.78. The first-order valence-electron chi connectivity index (χ1n) is 4.81. The fourth-order valence-corrected chi connectivity index (χ4v) is 1.49. The molecule has 0 atom stereocenters. The van der Waals surface area contributed by atoms with E-state index in [2.05, 4.69) is 15.2 Å². The van der Waals surface area contributed by atoms with Crippen molar-refractivity contribution in [3.05, 3.63) is 30.0 Å². The molecule has 0 fully saturated rings. The molecular formula is C11H12N4O. The van der Waals surface area contributed by atoms with Crippen LogP contribution < -0.4 is 10.5 Å². The molecule has 2 N–H and O–H groups in total. The number of rotatable bonds is 2. The van der Waals surface area contributed by atoms with E-state index in [1.54, 1.807) is 13.3 Å². The van der Waals surface area contributed by atoms with Crippen molar-refractivity contribution in [1.82, 2.24) is 15.2 Å². The monoisotopic (exact) mass is 216 g/mol. The fourth-order valence-electron chi connectivity index (χ4n) is 1.49. The number of hydrogen-bond donors (Lipinski definition) is 1. The second kappa shape index (κ2) is 4.14. The van der Waals surface area contributed by atoms with Gasteiger partial charge in [-0.1, -0.05) is 0 Å². The van der Waals surface area contributed by atoms with Gasteiger partial charge in [-0.05, 0) is 30.7 Å². The van der Waals surface area contributed by atoms with Gasteiger partial charge in [-0.3, -0.25) is 0 Å². The van der Waals surface area contributed by atoms with Crippen LogP contribution in [0.25, 0.3) is 11.3 Å². The minimum Gasteiger partial charge on any atom is -0.496 e. The third-order valence-electron chi connectivity index (χ3n) is 2.27. The third kappa shape index (κ3) is 1.93. The lowest BCUT2D eigenvalue weighted by Gasteiger charge is -2.06. The SMILES string of the molecule is COc1ccc(-c2cnnc(N)n2)cc1C. The standard InChI is InChI=1S/C11H12N4O/c1-7-5-8(3-4-10(7)16-2)9-6-13-15-11(12)14-9/h3-6H,1-2H3,(H2,12,14,15). The number of nitrogens with two attached hydrogens (primary N) is 1. The van der Waals surface area contributed by atoms with Crippen LogP contribution in [0, 0.1) is 6.92 Å². The van der Waals surface area contributed by atoms with Gasteiger partial charge >= 0.3 is 0 Å². The number of anilines is 1. The fraction of sp³-hybridized carbons (Fsp3) is 0.182. The van der Waals surface area contributed by atoms with Crippen LogP contribution in [0.2, 0.25) is 0 Å². The molecule has 0 aliphatic carbocycles. The molecule has 82 valence electrons. The van der Waals surface area contributed by atoms with Gasteiger partial charge in [0, 0.05) is 5.56 Å². The van der Waals surface area contributed by atoms with Gasteiger partial charge in [0.25, 0.3) is 0 Å². The molecule has 0 unspecified atom stereocenters. The molecule has 1 heterocycles. The first-order valence-corrected chi connectivity index (χ1v) is 4.81. The van der Waals surface area contributed by atoms with E-state index in [4.69, 9.17) is 10.5 Å². The Morgan fingerprint density at radius 3 is 2.75 bits per heavy atom. The Labute approximate surface area is 93.3 Å². The van der Waals surface area contributed by atoms with Crippen molar-refractivity contribution in [3.63, 3.8) is 0 Å². The molecule has 0 bridgehead atoms. The average molecular weight is 216 g/mol. The normalized spacial score (nSPS) is 10.1. The summed E-state index contributed by atoms with van der Waals surface area (Å²) in [4.78, 5) is 4.10. The number of ether oxygens (including phenoxy) is 1. The quantitative estimate of drug-likeness (QED) is 0.822. The molecule has 0 aliphatic heterocycles. The van der Waals surface area contributed by atoms with Crippen LogP contribution in [-0.4, -0.2) is 22.3 Å². The summed E-state index contributed by atoms with van der Waals surface area (Å²) in [5.74, 6) is 1.02. The van der Waals surface area contributed by atoms with E-state index in [0.29, 0.717) is 5.69 Å². The van der Waals surface area contributed by atoms with Gasteiger partial charge in [-0.2, -0.15) is 5.10 Å². The van der Waals surface area contributed by atoms with Crippen LogP contribution in [0.5, 0.6) is 5.75 Å². The Hall–Kier alpha value is -2.17. The maximum Gasteiger partial charge on any atom is 0.240 e. The zero-order chi connectivity index (χ0) is 11.5. The maximum absolute atomic E-state index is 5.48. The first kappa shape index (κ1) is 10.4. The maximum atomic E-state index is 5.48. The topological polar surface area (TPSA) is 73.9 Å². The van der Waals surface area contributed by atoms with Gasteiger partial charge in [0.05, 0.1) is 19.0 Å². The van der Waals surface area contributed by atoms with Crippen molar-refractivity contribution in [1.29, 1.82) is 0 Å². The van der Waals surface area contributed by atoms with Gasteiger partial charge in [-0.25, -0.2) is 4.98 Å². The molecule has 0 spiro atoms.